The molecule has 2 aromatic rings. The zero-order valence-corrected chi connectivity index (χ0v) is 15.6. The van der Waals surface area contributed by atoms with E-state index in [1.807, 2.05) is 6.07 Å². The second kappa shape index (κ2) is 8.15. The molecule has 1 aliphatic rings. The van der Waals surface area contributed by atoms with Crippen LogP contribution in [0.2, 0.25) is 0 Å². The maximum atomic E-state index is 12.3. The van der Waals surface area contributed by atoms with E-state index in [1.165, 1.54) is 0 Å². The number of rotatable bonds is 7. The first kappa shape index (κ1) is 18.8. The van der Waals surface area contributed by atoms with Crippen molar-refractivity contribution in [3.05, 3.63) is 30.1 Å². The van der Waals surface area contributed by atoms with Crippen LogP contribution in [0, 0.1) is 5.92 Å². The molecule has 0 radical (unpaired) electrons. The number of imidazole rings is 1. The lowest BCUT2D eigenvalue weighted by Gasteiger charge is -2.31. The van der Waals surface area contributed by atoms with Gasteiger partial charge in [-0.15, -0.1) is 0 Å². The Labute approximate surface area is 153 Å². The summed E-state index contributed by atoms with van der Waals surface area (Å²) in [4.78, 5) is 21.7. The summed E-state index contributed by atoms with van der Waals surface area (Å²) in [6.07, 6.45) is 4.59. The number of ether oxygens (including phenoxy) is 1. The first-order chi connectivity index (χ1) is 12.4. The van der Waals surface area contributed by atoms with Gasteiger partial charge in [0.15, 0.2) is 0 Å². The van der Waals surface area contributed by atoms with Gasteiger partial charge >= 0.3 is 5.97 Å². The van der Waals surface area contributed by atoms with E-state index in [0.29, 0.717) is 36.7 Å². The molecule has 0 amide bonds. The zero-order chi connectivity index (χ0) is 18.6. The average Bonchev–Trinajstić information content (AvgIpc) is 3.08. The van der Waals surface area contributed by atoms with Gasteiger partial charge < -0.3 is 14.6 Å². The van der Waals surface area contributed by atoms with Crippen molar-refractivity contribution in [1.29, 1.82) is 0 Å². The molecule has 1 aromatic heterocycles. The smallest absolute Gasteiger partial charge is 0.340 e. The quantitative estimate of drug-likeness (QED) is 0.694. The molecule has 142 valence electrons. The van der Waals surface area contributed by atoms with Crippen molar-refractivity contribution in [2.24, 2.45) is 5.92 Å². The van der Waals surface area contributed by atoms with Crippen molar-refractivity contribution in [2.45, 2.75) is 12.8 Å². The predicted molar refractivity (Wildman–Crippen MR) is 98.4 cm³/mol. The van der Waals surface area contributed by atoms with Gasteiger partial charge in [-0.25, -0.2) is 22.9 Å². The number of piperidine rings is 1. The minimum absolute atomic E-state index is 0.330. The highest BCUT2D eigenvalue weighted by Gasteiger charge is 2.21. The second-order valence-electron chi connectivity index (χ2n) is 6.65. The highest BCUT2D eigenvalue weighted by Crippen LogP contribution is 2.19. The number of hydrogen-bond donors (Lipinski definition) is 2. The molecule has 26 heavy (non-hydrogen) atoms. The standard InChI is InChI=1S/C17H24N4O4S/c1-26(23,24)20-7-10-21-8-5-13(6-9-21)11-25-17(22)14-3-2-4-15-16(14)19-12-18-15/h2-4,12-13,20H,5-11H2,1H3,(H,18,19). The van der Waals surface area contributed by atoms with Crippen molar-refractivity contribution >= 4 is 27.0 Å². The first-order valence-electron chi connectivity index (χ1n) is 8.68. The summed E-state index contributed by atoms with van der Waals surface area (Å²) in [5.41, 5.74) is 1.93. The number of nitrogens with one attached hydrogen (secondary N) is 2. The van der Waals surface area contributed by atoms with Crippen LogP contribution in [0.4, 0.5) is 0 Å². The Morgan fingerprint density at radius 3 is 2.88 bits per heavy atom. The van der Waals surface area contributed by atoms with E-state index in [4.69, 9.17) is 4.74 Å². The molecule has 0 spiro atoms. The van der Waals surface area contributed by atoms with Gasteiger partial charge in [0, 0.05) is 13.1 Å². The minimum atomic E-state index is -3.13. The number of carbonyl (C=O) groups is 1. The third kappa shape index (κ3) is 5.03. The van der Waals surface area contributed by atoms with Crippen LogP contribution in [0.15, 0.2) is 24.5 Å². The fourth-order valence-electron chi connectivity index (χ4n) is 3.17. The number of hydrogen-bond acceptors (Lipinski definition) is 6. The number of aromatic nitrogens is 2. The molecule has 0 saturated carbocycles. The second-order valence-corrected chi connectivity index (χ2v) is 8.49. The summed E-state index contributed by atoms with van der Waals surface area (Å²) in [5, 5.41) is 0. The number of esters is 1. The monoisotopic (exact) mass is 380 g/mol. The number of carbonyl (C=O) groups excluding carboxylic acids is 1. The van der Waals surface area contributed by atoms with Gasteiger partial charge in [0.25, 0.3) is 0 Å². The summed E-state index contributed by atoms with van der Waals surface area (Å²) in [6.45, 7) is 3.27. The third-order valence-corrected chi connectivity index (χ3v) is 5.35. The number of fused-ring (bicyclic) bond motifs is 1. The topological polar surface area (TPSA) is 104 Å². The van der Waals surface area contributed by atoms with Crippen molar-refractivity contribution in [1.82, 2.24) is 19.6 Å². The molecule has 1 fully saturated rings. The fourth-order valence-corrected chi connectivity index (χ4v) is 3.63. The highest BCUT2D eigenvalue weighted by atomic mass is 32.2. The normalized spacial score (nSPS) is 16.8. The van der Waals surface area contributed by atoms with Crippen LogP contribution < -0.4 is 4.72 Å². The Morgan fingerprint density at radius 2 is 2.15 bits per heavy atom. The molecular formula is C17H24N4O4S. The Bertz CT molecular complexity index is 857. The Hall–Kier alpha value is -1.97. The number of nitrogens with zero attached hydrogens (tertiary/aromatic N) is 2. The predicted octanol–water partition coefficient (Wildman–Crippen LogP) is 0.981. The number of para-hydroxylation sites is 1. The highest BCUT2D eigenvalue weighted by molar-refractivity contribution is 7.88. The van der Waals surface area contributed by atoms with E-state index in [9.17, 15) is 13.2 Å². The number of aromatic amines is 1. The van der Waals surface area contributed by atoms with Crippen molar-refractivity contribution in [3.8, 4) is 0 Å². The summed E-state index contributed by atoms with van der Waals surface area (Å²) < 4.78 is 30.1. The fraction of sp³-hybridized carbons (Fsp3) is 0.529. The molecule has 2 heterocycles. The van der Waals surface area contributed by atoms with Gasteiger partial charge in [-0.05, 0) is 44.0 Å². The lowest BCUT2D eigenvalue weighted by Crippen LogP contribution is -2.40. The molecule has 3 rings (SSSR count). The van der Waals surface area contributed by atoms with Crippen LogP contribution in [-0.2, 0) is 14.8 Å². The molecule has 1 saturated heterocycles. The summed E-state index contributed by atoms with van der Waals surface area (Å²) in [6, 6.07) is 5.40. The minimum Gasteiger partial charge on any atom is -0.462 e. The molecule has 0 unspecified atom stereocenters. The molecule has 0 aliphatic carbocycles. The summed E-state index contributed by atoms with van der Waals surface area (Å²) in [7, 11) is -3.13. The van der Waals surface area contributed by atoms with Crippen LogP contribution in [0.1, 0.15) is 23.2 Å². The van der Waals surface area contributed by atoms with E-state index in [1.54, 1.807) is 18.5 Å². The largest absolute Gasteiger partial charge is 0.462 e. The van der Waals surface area contributed by atoms with E-state index >= 15 is 0 Å². The van der Waals surface area contributed by atoms with Crippen molar-refractivity contribution < 1.29 is 17.9 Å². The molecule has 9 heteroatoms. The van der Waals surface area contributed by atoms with E-state index in [0.717, 1.165) is 37.7 Å². The lowest BCUT2D eigenvalue weighted by atomic mass is 9.98. The molecule has 1 aromatic carbocycles. The molecule has 8 nitrogen and oxygen atoms in total. The van der Waals surface area contributed by atoms with Crippen LogP contribution in [0.5, 0.6) is 0 Å². The van der Waals surface area contributed by atoms with Gasteiger partial charge in [-0.1, -0.05) is 6.07 Å². The molecular weight excluding hydrogens is 356 g/mol. The van der Waals surface area contributed by atoms with Crippen LogP contribution in [0.3, 0.4) is 0 Å². The molecule has 1 aliphatic heterocycles. The van der Waals surface area contributed by atoms with E-state index in [-0.39, 0.29) is 5.97 Å². The average molecular weight is 380 g/mol. The van der Waals surface area contributed by atoms with Crippen LogP contribution in [0.25, 0.3) is 11.0 Å². The number of likely N-dealkylation sites (tertiary alicyclic amines) is 1. The van der Waals surface area contributed by atoms with Gasteiger partial charge in [0.05, 0.1) is 30.3 Å². The number of benzene rings is 1. The van der Waals surface area contributed by atoms with Gasteiger partial charge in [-0.3, -0.25) is 0 Å². The number of sulfonamides is 1. The first-order valence-corrected chi connectivity index (χ1v) is 10.6. The van der Waals surface area contributed by atoms with Crippen LogP contribution >= 0.6 is 0 Å². The summed E-state index contributed by atoms with van der Waals surface area (Å²) in [5.74, 6) is -0.0149. The number of H-pyrrole nitrogens is 1. The van der Waals surface area contributed by atoms with Crippen molar-refractivity contribution in [3.63, 3.8) is 0 Å². The molecule has 0 bridgehead atoms. The zero-order valence-electron chi connectivity index (χ0n) is 14.8. The van der Waals surface area contributed by atoms with Crippen molar-refractivity contribution in [2.75, 3.05) is 39.0 Å². The maximum absolute atomic E-state index is 12.3. The molecule has 0 atom stereocenters. The maximum Gasteiger partial charge on any atom is 0.340 e. The van der Waals surface area contributed by atoms with Gasteiger partial charge in [0.1, 0.15) is 5.52 Å². The van der Waals surface area contributed by atoms with Gasteiger partial charge in [0.2, 0.25) is 10.0 Å². The third-order valence-electron chi connectivity index (χ3n) is 4.62. The Kier molecular flexibility index (Phi) is 5.90. The Morgan fingerprint density at radius 1 is 1.38 bits per heavy atom. The lowest BCUT2D eigenvalue weighted by molar-refractivity contribution is 0.0376. The van der Waals surface area contributed by atoms with E-state index in [2.05, 4.69) is 19.6 Å². The van der Waals surface area contributed by atoms with Crippen LogP contribution in [-0.4, -0.2) is 68.3 Å². The molecule has 2 N–H and O–H groups in total. The SMILES string of the molecule is CS(=O)(=O)NCCN1CCC(COC(=O)c2cccc3[nH]cnc23)CC1. The summed E-state index contributed by atoms with van der Waals surface area (Å²) >= 11 is 0. The van der Waals surface area contributed by atoms with Gasteiger partial charge in [-0.2, -0.15) is 0 Å². The van der Waals surface area contributed by atoms with E-state index < -0.39 is 10.0 Å². The Balaban J connectivity index is 1.42.